The summed E-state index contributed by atoms with van der Waals surface area (Å²) in [6.07, 6.45) is -1.43. The van der Waals surface area contributed by atoms with E-state index in [1.807, 2.05) is 49.4 Å². The third-order valence-corrected chi connectivity index (χ3v) is 3.59. The van der Waals surface area contributed by atoms with Crippen molar-refractivity contribution in [1.29, 1.82) is 0 Å². The van der Waals surface area contributed by atoms with Crippen LogP contribution in [0.2, 0.25) is 0 Å². The van der Waals surface area contributed by atoms with Gasteiger partial charge < -0.3 is 14.9 Å². The lowest BCUT2D eigenvalue weighted by atomic mass is 9.89. The summed E-state index contributed by atoms with van der Waals surface area (Å²) in [5, 5.41) is 20.7. The molecule has 2 N–H and O–H groups in total. The summed E-state index contributed by atoms with van der Waals surface area (Å²) in [5.74, 6) is 0.447. The van der Waals surface area contributed by atoms with Gasteiger partial charge in [-0.1, -0.05) is 49.4 Å². The van der Waals surface area contributed by atoms with Gasteiger partial charge in [0.05, 0.1) is 19.3 Å². The van der Waals surface area contributed by atoms with Crippen molar-refractivity contribution in [3.8, 4) is 5.75 Å². The predicted molar refractivity (Wildman–Crippen MR) is 78.5 cm³/mol. The molecule has 0 heterocycles. The quantitative estimate of drug-likeness (QED) is 0.879. The van der Waals surface area contributed by atoms with E-state index in [1.165, 1.54) is 0 Å². The van der Waals surface area contributed by atoms with Gasteiger partial charge in [-0.2, -0.15) is 0 Å². The number of hydrogen-bond acceptors (Lipinski definition) is 3. The van der Waals surface area contributed by atoms with E-state index in [0.29, 0.717) is 0 Å². The average molecular weight is 272 g/mol. The summed E-state index contributed by atoms with van der Waals surface area (Å²) in [6.45, 7) is 1.84. The summed E-state index contributed by atoms with van der Waals surface area (Å²) in [6, 6.07) is 16.6. The molecule has 0 aliphatic rings. The van der Waals surface area contributed by atoms with Gasteiger partial charge in [-0.15, -0.1) is 0 Å². The standard InChI is InChI=1S/C17H20O3/c1-12(16(18)13-6-4-3-5-7-13)17(19)14-8-10-15(20-2)11-9-14/h3-12,16-19H,1-2H3/t12-,16-,17+/m1/s1. The lowest BCUT2D eigenvalue weighted by Crippen LogP contribution is -2.17. The van der Waals surface area contributed by atoms with E-state index in [1.54, 1.807) is 19.2 Å². The van der Waals surface area contributed by atoms with E-state index in [2.05, 4.69) is 0 Å². The molecule has 106 valence electrons. The summed E-state index contributed by atoms with van der Waals surface area (Å²) < 4.78 is 5.10. The highest BCUT2D eigenvalue weighted by molar-refractivity contribution is 5.29. The zero-order valence-electron chi connectivity index (χ0n) is 11.7. The largest absolute Gasteiger partial charge is 0.497 e. The summed E-state index contributed by atoms with van der Waals surface area (Å²) >= 11 is 0. The number of methoxy groups -OCH3 is 1. The fourth-order valence-electron chi connectivity index (χ4n) is 2.23. The normalized spacial score (nSPS) is 15.4. The molecule has 3 heteroatoms. The highest BCUT2D eigenvalue weighted by Gasteiger charge is 2.24. The molecule has 2 aromatic rings. The smallest absolute Gasteiger partial charge is 0.118 e. The highest BCUT2D eigenvalue weighted by Crippen LogP contribution is 2.32. The maximum atomic E-state index is 10.4. The summed E-state index contributed by atoms with van der Waals surface area (Å²) in [4.78, 5) is 0. The van der Waals surface area contributed by atoms with Crippen LogP contribution in [0.15, 0.2) is 54.6 Å². The van der Waals surface area contributed by atoms with Gasteiger partial charge in [-0.05, 0) is 23.3 Å². The second-order valence-corrected chi connectivity index (χ2v) is 4.93. The molecule has 0 unspecified atom stereocenters. The van der Waals surface area contributed by atoms with Crippen LogP contribution >= 0.6 is 0 Å². The first-order valence-electron chi connectivity index (χ1n) is 6.68. The van der Waals surface area contributed by atoms with Crippen molar-refractivity contribution in [1.82, 2.24) is 0 Å². The minimum absolute atomic E-state index is 0.300. The molecule has 3 nitrogen and oxygen atoms in total. The second kappa shape index (κ2) is 6.55. The molecule has 0 amide bonds. The highest BCUT2D eigenvalue weighted by atomic mass is 16.5. The maximum Gasteiger partial charge on any atom is 0.118 e. The van der Waals surface area contributed by atoms with E-state index in [9.17, 15) is 10.2 Å². The first-order chi connectivity index (χ1) is 9.63. The first kappa shape index (κ1) is 14.6. The minimum Gasteiger partial charge on any atom is -0.497 e. The van der Waals surface area contributed by atoms with E-state index in [0.717, 1.165) is 16.9 Å². The Hall–Kier alpha value is -1.84. The van der Waals surface area contributed by atoms with Gasteiger partial charge in [0.1, 0.15) is 5.75 Å². The van der Waals surface area contributed by atoms with Crippen molar-refractivity contribution in [2.45, 2.75) is 19.1 Å². The SMILES string of the molecule is COc1ccc([C@@H](O)[C@H](C)[C@@H](O)c2ccccc2)cc1. The van der Waals surface area contributed by atoms with Gasteiger partial charge in [0.15, 0.2) is 0 Å². The number of rotatable bonds is 5. The number of ether oxygens (including phenoxy) is 1. The zero-order chi connectivity index (χ0) is 14.5. The Balaban J connectivity index is 2.13. The van der Waals surface area contributed by atoms with E-state index >= 15 is 0 Å². The molecule has 0 bridgehead atoms. The fraction of sp³-hybridized carbons (Fsp3) is 0.294. The summed E-state index contributed by atoms with van der Waals surface area (Å²) in [5.41, 5.74) is 1.58. The third-order valence-electron chi connectivity index (χ3n) is 3.59. The van der Waals surface area contributed by atoms with Crippen LogP contribution in [0.25, 0.3) is 0 Å². The van der Waals surface area contributed by atoms with Crippen LogP contribution in [0.4, 0.5) is 0 Å². The zero-order valence-corrected chi connectivity index (χ0v) is 11.7. The van der Waals surface area contributed by atoms with Crippen LogP contribution in [-0.4, -0.2) is 17.3 Å². The van der Waals surface area contributed by atoms with Crippen molar-refractivity contribution in [3.63, 3.8) is 0 Å². The molecule has 3 atom stereocenters. The van der Waals surface area contributed by atoms with Crippen LogP contribution in [0.5, 0.6) is 5.75 Å². The molecule has 20 heavy (non-hydrogen) atoms. The van der Waals surface area contributed by atoms with Crippen LogP contribution in [0.1, 0.15) is 30.3 Å². The molecular weight excluding hydrogens is 252 g/mol. The molecule has 0 spiro atoms. The maximum absolute atomic E-state index is 10.4. The van der Waals surface area contributed by atoms with Gasteiger partial charge >= 0.3 is 0 Å². The van der Waals surface area contributed by atoms with Crippen molar-refractivity contribution >= 4 is 0 Å². The van der Waals surface area contributed by atoms with Crippen molar-refractivity contribution in [3.05, 3.63) is 65.7 Å². The van der Waals surface area contributed by atoms with Gasteiger partial charge in [0.25, 0.3) is 0 Å². The number of hydrogen-bond donors (Lipinski definition) is 2. The molecule has 0 aromatic heterocycles. The van der Waals surface area contributed by atoms with E-state index in [-0.39, 0.29) is 5.92 Å². The molecule has 0 fully saturated rings. The molecule has 2 rings (SSSR count). The number of benzene rings is 2. The van der Waals surface area contributed by atoms with Gasteiger partial charge in [-0.25, -0.2) is 0 Å². The van der Waals surface area contributed by atoms with Gasteiger partial charge in [0.2, 0.25) is 0 Å². The van der Waals surface area contributed by atoms with Crippen LogP contribution in [-0.2, 0) is 0 Å². The Morgan fingerprint density at radius 3 is 1.80 bits per heavy atom. The predicted octanol–water partition coefficient (Wildman–Crippen LogP) is 3.10. The molecule has 0 aliphatic carbocycles. The van der Waals surface area contributed by atoms with E-state index in [4.69, 9.17) is 4.74 Å². The molecular formula is C17H20O3. The number of aliphatic hydroxyl groups is 2. The molecule has 0 saturated carbocycles. The lowest BCUT2D eigenvalue weighted by Gasteiger charge is -2.24. The topological polar surface area (TPSA) is 49.7 Å². The Morgan fingerprint density at radius 1 is 0.800 bits per heavy atom. The molecule has 0 aliphatic heterocycles. The Kier molecular flexibility index (Phi) is 4.77. The van der Waals surface area contributed by atoms with Crippen molar-refractivity contribution in [2.75, 3.05) is 7.11 Å². The third kappa shape index (κ3) is 3.18. The van der Waals surface area contributed by atoms with Crippen molar-refractivity contribution < 1.29 is 14.9 Å². The summed E-state index contributed by atoms with van der Waals surface area (Å²) in [7, 11) is 1.60. The minimum atomic E-state index is -0.726. The molecule has 0 saturated heterocycles. The first-order valence-corrected chi connectivity index (χ1v) is 6.68. The Bertz CT molecular complexity index is 522. The number of aliphatic hydroxyl groups excluding tert-OH is 2. The van der Waals surface area contributed by atoms with Crippen molar-refractivity contribution in [2.24, 2.45) is 5.92 Å². The fourth-order valence-corrected chi connectivity index (χ4v) is 2.23. The van der Waals surface area contributed by atoms with Gasteiger partial charge in [0, 0.05) is 5.92 Å². The van der Waals surface area contributed by atoms with Gasteiger partial charge in [-0.3, -0.25) is 0 Å². The average Bonchev–Trinajstić information content (AvgIpc) is 2.53. The monoisotopic (exact) mass is 272 g/mol. The molecule has 0 radical (unpaired) electrons. The van der Waals surface area contributed by atoms with Crippen LogP contribution in [0, 0.1) is 5.92 Å². The molecule has 2 aromatic carbocycles. The Morgan fingerprint density at radius 2 is 1.30 bits per heavy atom. The van der Waals surface area contributed by atoms with Crippen LogP contribution < -0.4 is 4.74 Å². The second-order valence-electron chi connectivity index (χ2n) is 4.93. The lowest BCUT2D eigenvalue weighted by molar-refractivity contribution is 0.0199. The van der Waals surface area contributed by atoms with E-state index < -0.39 is 12.2 Å². The Labute approximate surface area is 119 Å². The van der Waals surface area contributed by atoms with Crippen LogP contribution in [0.3, 0.4) is 0 Å².